The zero-order valence-corrected chi connectivity index (χ0v) is 12.3. The standard InChI is InChI=1S/C14H26N2O3/c1-4-8-16(11-12(17)18)13(19)15-9-5-6-14(2,3)7-10-15/h4-11H2,1-3H3,(H,17,18). The molecular formula is C14H26N2O3. The Labute approximate surface area is 115 Å². The number of carboxylic acid groups (broad SMARTS) is 1. The van der Waals surface area contributed by atoms with Crippen LogP contribution < -0.4 is 0 Å². The Morgan fingerprint density at radius 3 is 2.53 bits per heavy atom. The molecule has 19 heavy (non-hydrogen) atoms. The number of hydrogen-bond acceptors (Lipinski definition) is 2. The first-order valence-corrected chi connectivity index (χ1v) is 7.11. The first-order valence-electron chi connectivity index (χ1n) is 7.11. The van der Waals surface area contributed by atoms with Crippen LogP contribution in [0.15, 0.2) is 0 Å². The smallest absolute Gasteiger partial charge is 0.323 e. The van der Waals surface area contributed by atoms with Crippen molar-refractivity contribution in [3.05, 3.63) is 0 Å². The van der Waals surface area contributed by atoms with Crippen LogP contribution in [0, 0.1) is 5.41 Å². The van der Waals surface area contributed by atoms with Crippen LogP contribution in [0.5, 0.6) is 0 Å². The van der Waals surface area contributed by atoms with Crippen molar-refractivity contribution in [2.45, 2.75) is 46.5 Å². The highest BCUT2D eigenvalue weighted by Gasteiger charge is 2.28. The molecule has 1 fully saturated rings. The zero-order valence-electron chi connectivity index (χ0n) is 12.3. The zero-order chi connectivity index (χ0) is 14.5. The minimum Gasteiger partial charge on any atom is -0.480 e. The normalized spacial score (nSPS) is 18.8. The number of aliphatic carboxylic acids is 1. The number of likely N-dealkylation sites (tertiary alicyclic amines) is 1. The van der Waals surface area contributed by atoms with E-state index in [0.29, 0.717) is 6.54 Å². The van der Waals surface area contributed by atoms with Gasteiger partial charge in [-0.15, -0.1) is 0 Å². The minimum atomic E-state index is -0.947. The summed E-state index contributed by atoms with van der Waals surface area (Å²) >= 11 is 0. The second kappa shape index (κ2) is 6.78. The molecule has 0 saturated carbocycles. The van der Waals surface area contributed by atoms with Crippen LogP contribution in [0.2, 0.25) is 0 Å². The van der Waals surface area contributed by atoms with E-state index in [4.69, 9.17) is 5.11 Å². The summed E-state index contributed by atoms with van der Waals surface area (Å²) in [4.78, 5) is 26.5. The molecule has 110 valence electrons. The number of carbonyl (C=O) groups excluding carboxylic acids is 1. The van der Waals surface area contributed by atoms with Crippen LogP contribution in [0.25, 0.3) is 0 Å². The van der Waals surface area contributed by atoms with Crippen molar-refractivity contribution in [1.82, 2.24) is 9.80 Å². The molecule has 0 aromatic rings. The first kappa shape index (κ1) is 15.8. The highest BCUT2D eigenvalue weighted by atomic mass is 16.4. The number of amides is 2. The van der Waals surface area contributed by atoms with Gasteiger partial charge in [-0.2, -0.15) is 0 Å². The molecule has 0 radical (unpaired) electrons. The van der Waals surface area contributed by atoms with Crippen LogP contribution in [0.4, 0.5) is 4.79 Å². The molecule has 1 N–H and O–H groups in total. The Kier molecular flexibility index (Phi) is 5.63. The molecular weight excluding hydrogens is 244 g/mol. The molecule has 0 atom stereocenters. The van der Waals surface area contributed by atoms with Gasteiger partial charge in [-0.25, -0.2) is 4.79 Å². The van der Waals surface area contributed by atoms with Gasteiger partial charge in [0.2, 0.25) is 0 Å². The van der Waals surface area contributed by atoms with E-state index in [9.17, 15) is 9.59 Å². The fourth-order valence-corrected chi connectivity index (χ4v) is 2.49. The summed E-state index contributed by atoms with van der Waals surface area (Å²) in [5.41, 5.74) is 0.275. The SMILES string of the molecule is CCCN(CC(=O)O)C(=O)N1CCCC(C)(C)CC1. The number of hydrogen-bond donors (Lipinski definition) is 1. The van der Waals surface area contributed by atoms with Crippen LogP contribution in [-0.2, 0) is 4.79 Å². The third-order valence-corrected chi connectivity index (χ3v) is 3.70. The molecule has 0 spiro atoms. The molecule has 0 aromatic heterocycles. The largest absolute Gasteiger partial charge is 0.480 e. The molecule has 0 aromatic carbocycles. The number of urea groups is 1. The maximum Gasteiger partial charge on any atom is 0.323 e. The van der Waals surface area contributed by atoms with Gasteiger partial charge in [0.25, 0.3) is 0 Å². The topological polar surface area (TPSA) is 60.9 Å². The van der Waals surface area contributed by atoms with Crippen LogP contribution >= 0.6 is 0 Å². The molecule has 0 aliphatic carbocycles. The molecule has 5 nitrogen and oxygen atoms in total. The van der Waals surface area contributed by atoms with Gasteiger partial charge in [0.15, 0.2) is 0 Å². The highest BCUT2D eigenvalue weighted by molar-refractivity contribution is 5.80. The summed E-state index contributed by atoms with van der Waals surface area (Å²) < 4.78 is 0. The second-order valence-electron chi connectivity index (χ2n) is 6.10. The van der Waals surface area contributed by atoms with E-state index in [2.05, 4.69) is 13.8 Å². The van der Waals surface area contributed by atoms with Crippen molar-refractivity contribution in [3.63, 3.8) is 0 Å². The third kappa shape index (κ3) is 5.09. The van der Waals surface area contributed by atoms with Crippen molar-refractivity contribution in [3.8, 4) is 0 Å². The van der Waals surface area contributed by atoms with Crippen LogP contribution in [-0.4, -0.2) is 53.1 Å². The minimum absolute atomic E-state index is 0.123. The van der Waals surface area contributed by atoms with Gasteiger partial charge in [0.1, 0.15) is 6.54 Å². The van der Waals surface area contributed by atoms with Gasteiger partial charge in [-0.1, -0.05) is 20.8 Å². The van der Waals surface area contributed by atoms with Gasteiger partial charge >= 0.3 is 12.0 Å². The summed E-state index contributed by atoms with van der Waals surface area (Å²) in [5.74, 6) is -0.947. The lowest BCUT2D eigenvalue weighted by Gasteiger charge is -2.29. The summed E-state index contributed by atoms with van der Waals surface area (Å²) in [5, 5.41) is 8.88. The lowest BCUT2D eigenvalue weighted by atomic mass is 9.85. The average molecular weight is 270 g/mol. The predicted molar refractivity (Wildman–Crippen MR) is 74.1 cm³/mol. The Morgan fingerprint density at radius 2 is 1.95 bits per heavy atom. The molecule has 1 saturated heterocycles. The van der Waals surface area contributed by atoms with Crippen molar-refractivity contribution in [2.75, 3.05) is 26.2 Å². The van der Waals surface area contributed by atoms with Crippen molar-refractivity contribution in [2.24, 2.45) is 5.41 Å². The lowest BCUT2D eigenvalue weighted by Crippen LogP contribution is -2.46. The second-order valence-corrected chi connectivity index (χ2v) is 6.10. The van der Waals surface area contributed by atoms with E-state index in [1.54, 1.807) is 0 Å². The molecule has 1 aliphatic rings. The molecule has 1 aliphatic heterocycles. The Hall–Kier alpha value is -1.26. The maximum atomic E-state index is 12.4. The number of rotatable bonds is 4. The molecule has 0 unspecified atom stereocenters. The molecule has 0 bridgehead atoms. The lowest BCUT2D eigenvalue weighted by molar-refractivity contribution is -0.137. The van der Waals surface area contributed by atoms with Crippen LogP contribution in [0.1, 0.15) is 46.5 Å². The summed E-state index contributed by atoms with van der Waals surface area (Å²) in [7, 11) is 0. The van der Waals surface area contributed by atoms with Crippen molar-refractivity contribution < 1.29 is 14.7 Å². The number of carbonyl (C=O) groups is 2. The van der Waals surface area contributed by atoms with Gasteiger partial charge < -0.3 is 14.9 Å². The highest BCUT2D eigenvalue weighted by Crippen LogP contribution is 2.30. The molecule has 1 heterocycles. The van der Waals surface area contributed by atoms with E-state index in [1.807, 2.05) is 11.8 Å². The van der Waals surface area contributed by atoms with Crippen LogP contribution in [0.3, 0.4) is 0 Å². The molecule has 5 heteroatoms. The van der Waals surface area contributed by atoms with Gasteiger partial charge in [-0.05, 0) is 31.1 Å². The average Bonchev–Trinajstić information content (AvgIpc) is 2.48. The van der Waals surface area contributed by atoms with Gasteiger partial charge in [0.05, 0.1) is 0 Å². The van der Waals surface area contributed by atoms with E-state index < -0.39 is 5.97 Å². The summed E-state index contributed by atoms with van der Waals surface area (Å²) in [6, 6.07) is -0.123. The van der Waals surface area contributed by atoms with E-state index >= 15 is 0 Å². The molecule has 2 amide bonds. The first-order chi connectivity index (χ1) is 8.85. The van der Waals surface area contributed by atoms with Crippen molar-refractivity contribution >= 4 is 12.0 Å². The number of nitrogens with zero attached hydrogens (tertiary/aromatic N) is 2. The van der Waals surface area contributed by atoms with E-state index in [-0.39, 0.29) is 18.0 Å². The fourth-order valence-electron chi connectivity index (χ4n) is 2.49. The summed E-state index contributed by atoms with van der Waals surface area (Å²) in [6.45, 7) is 8.17. The maximum absolute atomic E-state index is 12.4. The van der Waals surface area contributed by atoms with E-state index in [0.717, 1.165) is 38.8 Å². The van der Waals surface area contributed by atoms with E-state index in [1.165, 1.54) is 4.90 Å². The molecule has 1 rings (SSSR count). The summed E-state index contributed by atoms with van der Waals surface area (Å²) in [6.07, 6.45) is 3.86. The number of carboxylic acids is 1. The Balaban J connectivity index is 2.65. The fraction of sp³-hybridized carbons (Fsp3) is 0.857. The van der Waals surface area contributed by atoms with Gasteiger partial charge in [-0.3, -0.25) is 4.79 Å². The predicted octanol–water partition coefficient (Wildman–Crippen LogP) is 2.42. The third-order valence-electron chi connectivity index (χ3n) is 3.70. The Bertz CT molecular complexity index is 329. The van der Waals surface area contributed by atoms with Gasteiger partial charge in [0, 0.05) is 19.6 Å². The quantitative estimate of drug-likeness (QED) is 0.853. The van der Waals surface area contributed by atoms with Crippen molar-refractivity contribution in [1.29, 1.82) is 0 Å². The Morgan fingerprint density at radius 1 is 1.26 bits per heavy atom. The monoisotopic (exact) mass is 270 g/mol.